The molecule has 136 valence electrons. The van der Waals surface area contributed by atoms with E-state index in [1.807, 2.05) is 18.3 Å². The first-order chi connectivity index (χ1) is 12.7. The maximum atomic E-state index is 6.17. The molecule has 0 N–H and O–H groups in total. The van der Waals surface area contributed by atoms with E-state index >= 15 is 0 Å². The average Bonchev–Trinajstić information content (AvgIpc) is 3.43. The molecular formula is C20H23N3O3. The lowest BCUT2D eigenvalue weighted by Crippen LogP contribution is -2.58. The lowest BCUT2D eigenvalue weighted by atomic mass is 9.87. The fourth-order valence-corrected chi connectivity index (χ4v) is 4.02. The monoisotopic (exact) mass is 353 g/mol. The molecule has 3 heterocycles. The van der Waals surface area contributed by atoms with Crippen molar-refractivity contribution in [2.45, 2.75) is 37.5 Å². The van der Waals surface area contributed by atoms with Crippen LogP contribution in [-0.2, 0) is 23.5 Å². The third-order valence-corrected chi connectivity index (χ3v) is 5.65. The van der Waals surface area contributed by atoms with Crippen LogP contribution >= 0.6 is 0 Å². The highest BCUT2D eigenvalue weighted by Crippen LogP contribution is 2.45. The number of rotatable bonds is 5. The number of nitrogens with zero attached hydrogens (tertiary/aromatic N) is 3. The van der Waals surface area contributed by atoms with Crippen molar-refractivity contribution in [2.24, 2.45) is 0 Å². The first-order valence-corrected chi connectivity index (χ1v) is 9.14. The SMILES string of the molecule is COc1ccc(CN2CC3(C2)OCc2nc(C4CC4)ncc23)c(OC)c1. The number of likely N-dealkylation sites (tertiary alicyclic amines) is 1. The quantitative estimate of drug-likeness (QED) is 0.824. The van der Waals surface area contributed by atoms with Gasteiger partial charge in [0.2, 0.25) is 0 Å². The van der Waals surface area contributed by atoms with Crippen molar-refractivity contribution in [1.82, 2.24) is 14.9 Å². The summed E-state index contributed by atoms with van der Waals surface area (Å²) >= 11 is 0. The Labute approximate surface area is 153 Å². The molecule has 0 amide bonds. The molecule has 1 aromatic heterocycles. The Balaban J connectivity index is 1.30. The van der Waals surface area contributed by atoms with Crippen LogP contribution in [0.2, 0.25) is 0 Å². The smallest absolute Gasteiger partial charge is 0.131 e. The molecule has 1 saturated carbocycles. The van der Waals surface area contributed by atoms with Crippen molar-refractivity contribution in [1.29, 1.82) is 0 Å². The Bertz CT molecular complexity index is 844. The van der Waals surface area contributed by atoms with Gasteiger partial charge < -0.3 is 14.2 Å². The minimum Gasteiger partial charge on any atom is -0.497 e. The first-order valence-electron chi connectivity index (χ1n) is 9.14. The summed E-state index contributed by atoms with van der Waals surface area (Å²) in [6, 6.07) is 5.97. The van der Waals surface area contributed by atoms with Crippen LogP contribution < -0.4 is 9.47 Å². The summed E-state index contributed by atoms with van der Waals surface area (Å²) < 4.78 is 17.0. The van der Waals surface area contributed by atoms with E-state index in [4.69, 9.17) is 19.2 Å². The van der Waals surface area contributed by atoms with Crippen molar-refractivity contribution in [3.8, 4) is 11.5 Å². The molecule has 2 aromatic rings. The van der Waals surface area contributed by atoms with Crippen LogP contribution in [0.4, 0.5) is 0 Å². The topological polar surface area (TPSA) is 56.7 Å². The van der Waals surface area contributed by atoms with Gasteiger partial charge in [0.1, 0.15) is 22.9 Å². The molecule has 1 aromatic carbocycles. The van der Waals surface area contributed by atoms with Gasteiger partial charge in [0, 0.05) is 48.9 Å². The molecule has 6 nitrogen and oxygen atoms in total. The van der Waals surface area contributed by atoms with Crippen molar-refractivity contribution in [3.05, 3.63) is 47.0 Å². The van der Waals surface area contributed by atoms with Crippen molar-refractivity contribution in [2.75, 3.05) is 27.3 Å². The van der Waals surface area contributed by atoms with Gasteiger partial charge >= 0.3 is 0 Å². The molecule has 0 atom stereocenters. The first kappa shape index (κ1) is 16.0. The number of fused-ring (bicyclic) bond motifs is 2. The fourth-order valence-electron chi connectivity index (χ4n) is 4.02. The molecule has 5 rings (SSSR count). The molecular weight excluding hydrogens is 330 g/mol. The lowest BCUT2D eigenvalue weighted by molar-refractivity contribution is -0.145. The maximum Gasteiger partial charge on any atom is 0.131 e. The molecule has 1 saturated heterocycles. The molecule has 0 radical (unpaired) electrons. The summed E-state index contributed by atoms with van der Waals surface area (Å²) in [7, 11) is 3.36. The molecule has 1 aliphatic carbocycles. The zero-order valence-electron chi connectivity index (χ0n) is 15.2. The minimum atomic E-state index is -0.225. The highest BCUT2D eigenvalue weighted by atomic mass is 16.5. The predicted molar refractivity (Wildman–Crippen MR) is 95.3 cm³/mol. The van der Waals surface area contributed by atoms with Crippen LogP contribution in [0.25, 0.3) is 0 Å². The summed E-state index contributed by atoms with van der Waals surface area (Å²) in [4.78, 5) is 11.7. The summed E-state index contributed by atoms with van der Waals surface area (Å²) in [5.41, 5.74) is 3.20. The van der Waals surface area contributed by atoms with Gasteiger partial charge in [-0.1, -0.05) is 6.07 Å². The third-order valence-electron chi connectivity index (χ3n) is 5.65. The zero-order valence-corrected chi connectivity index (χ0v) is 15.2. The van der Waals surface area contributed by atoms with Crippen molar-refractivity contribution >= 4 is 0 Å². The average molecular weight is 353 g/mol. The van der Waals surface area contributed by atoms with Crippen LogP contribution in [0.1, 0.15) is 41.4 Å². The minimum absolute atomic E-state index is 0.225. The fraction of sp³-hybridized carbons (Fsp3) is 0.500. The van der Waals surface area contributed by atoms with Gasteiger partial charge in [-0.05, 0) is 18.9 Å². The van der Waals surface area contributed by atoms with E-state index in [1.54, 1.807) is 14.2 Å². The Hall–Kier alpha value is -2.18. The van der Waals surface area contributed by atoms with Crippen LogP contribution in [0.15, 0.2) is 24.4 Å². The number of ether oxygens (including phenoxy) is 3. The van der Waals surface area contributed by atoms with Crippen LogP contribution in [0.5, 0.6) is 11.5 Å². The Morgan fingerprint density at radius 3 is 2.81 bits per heavy atom. The lowest BCUT2D eigenvalue weighted by Gasteiger charge is -2.47. The molecule has 0 bridgehead atoms. The van der Waals surface area contributed by atoms with Crippen molar-refractivity contribution in [3.63, 3.8) is 0 Å². The van der Waals surface area contributed by atoms with Gasteiger partial charge in [-0.15, -0.1) is 0 Å². The van der Waals surface area contributed by atoms with Gasteiger partial charge in [-0.2, -0.15) is 0 Å². The van der Waals surface area contributed by atoms with E-state index in [2.05, 4.69) is 16.0 Å². The molecule has 2 aliphatic heterocycles. The third kappa shape index (κ3) is 2.56. The standard InChI is InChI=1S/C20H23N3O3/c1-24-15-6-5-14(18(7-15)25-2)9-23-11-20(12-23)16-8-21-19(13-3-4-13)22-17(16)10-26-20/h5-8,13H,3-4,9-12H2,1-2H3. The van der Waals surface area contributed by atoms with Crippen LogP contribution in [-0.4, -0.2) is 42.2 Å². The molecule has 0 unspecified atom stereocenters. The normalized spacial score (nSPS) is 20.7. The van der Waals surface area contributed by atoms with E-state index < -0.39 is 0 Å². The molecule has 26 heavy (non-hydrogen) atoms. The number of benzene rings is 1. The van der Waals surface area contributed by atoms with Crippen LogP contribution in [0.3, 0.4) is 0 Å². The molecule has 1 spiro atoms. The second-order valence-electron chi connectivity index (χ2n) is 7.47. The molecule has 3 aliphatic rings. The number of aromatic nitrogens is 2. The molecule has 2 fully saturated rings. The largest absolute Gasteiger partial charge is 0.497 e. The second kappa shape index (κ2) is 5.93. The highest BCUT2D eigenvalue weighted by molar-refractivity contribution is 5.41. The maximum absolute atomic E-state index is 6.17. The van der Waals surface area contributed by atoms with Gasteiger partial charge in [0.15, 0.2) is 0 Å². The summed E-state index contributed by atoms with van der Waals surface area (Å²) in [5.74, 6) is 3.25. The van der Waals surface area contributed by atoms with E-state index in [0.29, 0.717) is 12.5 Å². The van der Waals surface area contributed by atoms with Crippen molar-refractivity contribution < 1.29 is 14.2 Å². The Morgan fingerprint density at radius 2 is 2.08 bits per heavy atom. The molecule has 6 heteroatoms. The van der Waals surface area contributed by atoms with Gasteiger partial charge in [0.25, 0.3) is 0 Å². The number of hydrogen-bond donors (Lipinski definition) is 0. The van der Waals surface area contributed by atoms with E-state index in [1.165, 1.54) is 18.4 Å². The van der Waals surface area contributed by atoms with E-state index in [-0.39, 0.29) is 5.60 Å². The van der Waals surface area contributed by atoms with E-state index in [9.17, 15) is 0 Å². The number of hydrogen-bond acceptors (Lipinski definition) is 6. The summed E-state index contributed by atoms with van der Waals surface area (Å²) in [5, 5.41) is 0. The summed E-state index contributed by atoms with van der Waals surface area (Å²) in [6.07, 6.45) is 4.46. The zero-order chi connectivity index (χ0) is 17.7. The highest BCUT2D eigenvalue weighted by Gasteiger charge is 2.51. The van der Waals surface area contributed by atoms with Gasteiger partial charge in [-0.3, -0.25) is 4.90 Å². The Morgan fingerprint density at radius 1 is 1.23 bits per heavy atom. The second-order valence-corrected chi connectivity index (χ2v) is 7.47. The number of methoxy groups -OCH3 is 2. The predicted octanol–water partition coefficient (Wildman–Crippen LogP) is 2.61. The Kier molecular flexibility index (Phi) is 3.65. The van der Waals surface area contributed by atoms with E-state index in [0.717, 1.165) is 48.2 Å². The van der Waals surface area contributed by atoms with Gasteiger partial charge in [0.05, 0.1) is 26.5 Å². The van der Waals surface area contributed by atoms with Gasteiger partial charge in [-0.25, -0.2) is 9.97 Å². The van der Waals surface area contributed by atoms with Crippen LogP contribution in [0, 0.1) is 0 Å². The summed E-state index contributed by atoms with van der Waals surface area (Å²) in [6.45, 7) is 3.16.